The van der Waals surface area contributed by atoms with Gasteiger partial charge in [0.25, 0.3) is 5.69 Å². The van der Waals surface area contributed by atoms with Crippen molar-refractivity contribution >= 4 is 21.4 Å². The third-order valence-corrected chi connectivity index (χ3v) is 4.07. The standard InChI is InChI=1S/C11H12N4O5S/c1-7-4-9(20-14-7)6-13-21(18,19)11-5-8(15(16)17)2-3-10(11)12/h2-5,13H,6,12H2,1H3. The summed E-state index contributed by atoms with van der Waals surface area (Å²) in [6, 6.07) is 4.78. The van der Waals surface area contributed by atoms with Gasteiger partial charge in [-0.15, -0.1) is 0 Å². The second kappa shape index (κ2) is 5.50. The van der Waals surface area contributed by atoms with Gasteiger partial charge in [-0.1, -0.05) is 5.16 Å². The maximum atomic E-state index is 12.1. The van der Waals surface area contributed by atoms with E-state index in [9.17, 15) is 18.5 Å². The minimum atomic E-state index is -4.00. The molecule has 0 radical (unpaired) electrons. The lowest BCUT2D eigenvalue weighted by Gasteiger charge is -2.07. The molecule has 0 bridgehead atoms. The van der Waals surface area contributed by atoms with E-state index in [1.165, 1.54) is 6.07 Å². The van der Waals surface area contributed by atoms with Crippen molar-refractivity contribution in [3.63, 3.8) is 0 Å². The molecular weight excluding hydrogens is 300 g/mol. The molecule has 10 heteroatoms. The number of nitrogen functional groups attached to an aromatic ring is 1. The van der Waals surface area contributed by atoms with Gasteiger partial charge in [0.2, 0.25) is 10.0 Å². The van der Waals surface area contributed by atoms with Gasteiger partial charge < -0.3 is 10.3 Å². The third kappa shape index (κ3) is 3.35. The first-order valence-electron chi connectivity index (χ1n) is 5.75. The molecule has 0 aliphatic carbocycles. The van der Waals surface area contributed by atoms with Crippen molar-refractivity contribution in [3.8, 4) is 0 Å². The number of anilines is 1. The van der Waals surface area contributed by atoms with Gasteiger partial charge >= 0.3 is 0 Å². The number of nitrogens with one attached hydrogen (secondary N) is 1. The molecule has 0 saturated carbocycles. The van der Waals surface area contributed by atoms with Gasteiger partial charge in [-0.25, -0.2) is 13.1 Å². The monoisotopic (exact) mass is 312 g/mol. The zero-order valence-electron chi connectivity index (χ0n) is 10.9. The largest absolute Gasteiger partial charge is 0.398 e. The van der Waals surface area contributed by atoms with E-state index < -0.39 is 14.9 Å². The van der Waals surface area contributed by atoms with Crippen LogP contribution in [0.1, 0.15) is 11.5 Å². The van der Waals surface area contributed by atoms with Gasteiger partial charge in [-0.3, -0.25) is 10.1 Å². The highest BCUT2D eigenvalue weighted by atomic mass is 32.2. The number of sulfonamides is 1. The Labute approximate surface area is 119 Å². The molecule has 3 N–H and O–H groups in total. The van der Waals surface area contributed by atoms with E-state index in [-0.39, 0.29) is 22.8 Å². The van der Waals surface area contributed by atoms with E-state index in [4.69, 9.17) is 10.3 Å². The molecule has 0 saturated heterocycles. The molecular formula is C11H12N4O5S. The highest BCUT2D eigenvalue weighted by molar-refractivity contribution is 7.89. The predicted octanol–water partition coefficient (Wildman–Crippen LogP) is 0.952. The fraction of sp³-hybridized carbons (Fsp3) is 0.182. The molecule has 0 atom stereocenters. The SMILES string of the molecule is Cc1cc(CNS(=O)(=O)c2cc([N+](=O)[O-])ccc2N)on1. The second-order valence-electron chi connectivity index (χ2n) is 4.24. The summed E-state index contributed by atoms with van der Waals surface area (Å²) in [4.78, 5) is 9.65. The molecule has 21 heavy (non-hydrogen) atoms. The summed E-state index contributed by atoms with van der Waals surface area (Å²) < 4.78 is 31.4. The number of hydrogen-bond acceptors (Lipinski definition) is 7. The second-order valence-corrected chi connectivity index (χ2v) is 5.97. The molecule has 112 valence electrons. The van der Waals surface area contributed by atoms with Crippen LogP contribution in [0.5, 0.6) is 0 Å². The van der Waals surface area contributed by atoms with Crippen LogP contribution >= 0.6 is 0 Å². The van der Waals surface area contributed by atoms with E-state index in [2.05, 4.69) is 9.88 Å². The number of aryl methyl sites for hydroxylation is 1. The summed E-state index contributed by atoms with van der Waals surface area (Å²) in [6.45, 7) is 1.56. The topological polar surface area (TPSA) is 141 Å². The minimum absolute atomic E-state index is 0.0816. The maximum Gasteiger partial charge on any atom is 0.270 e. The van der Waals surface area contributed by atoms with Crippen molar-refractivity contribution in [2.75, 3.05) is 5.73 Å². The normalized spacial score (nSPS) is 11.5. The Morgan fingerprint density at radius 2 is 2.14 bits per heavy atom. The number of nitrogens with two attached hydrogens (primary N) is 1. The predicted molar refractivity (Wildman–Crippen MR) is 72.8 cm³/mol. The molecule has 0 unspecified atom stereocenters. The number of non-ortho nitro benzene ring substituents is 1. The molecule has 0 amide bonds. The molecule has 2 rings (SSSR count). The van der Waals surface area contributed by atoms with E-state index in [0.717, 1.165) is 12.1 Å². The summed E-state index contributed by atoms with van der Waals surface area (Å²) in [7, 11) is -4.00. The lowest BCUT2D eigenvalue weighted by Crippen LogP contribution is -2.24. The van der Waals surface area contributed by atoms with Gasteiger partial charge in [0.15, 0.2) is 5.76 Å². The number of aromatic nitrogens is 1. The van der Waals surface area contributed by atoms with E-state index in [1.807, 2.05) is 0 Å². The minimum Gasteiger partial charge on any atom is -0.398 e. The van der Waals surface area contributed by atoms with Crippen LogP contribution < -0.4 is 10.5 Å². The number of nitro benzene ring substituents is 1. The highest BCUT2D eigenvalue weighted by Gasteiger charge is 2.21. The van der Waals surface area contributed by atoms with Crippen molar-refractivity contribution in [1.82, 2.24) is 9.88 Å². The third-order valence-electron chi connectivity index (χ3n) is 2.61. The van der Waals surface area contributed by atoms with Gasteiger partial charge in [-0.05, 0) is 13.0 Å². The zero-order valence-corrected chi connectivity index (χ0v) is 11.8. The van der Waals surface area contributed by atoms with E-state index in [1.54, 1.807) is 13.0 Å². The van der Waals surface area contributed by atoms with Gasteiger partial charge in [0.1, 0.15) is 4.90 Å². The Balaban J connectivity index is 2.26. The van der Waals surface area contributed by atoms with Crippen molar-refractivity contribution in [2.45, 2.75) is 18.4 Å². The van der Waals surface area contributed by atoms with E-state index >= 15 is 0 Å². The molecule has 0 spiro atoms. The number of hydrogen-bond donors (Lipinski definition) is 2. The summed E-state index contributed by atoms with van der Waals surface area (Å²) >= 11 is 0. The summed E-state index contributed by atoms with van der Waals surface area (Å²) in [5.41, 5.74) is 5.74. The van der Waals surface area contributed by atoms with Crippen molar-refractivity contribution in [1.29, 1.82) is 0 Å². The van der Waals surface area contributed by atoms with Crippen LogP contribution in [0.4, 0.5) is 11.4 Å². The molecule has 1 aromatic heterocycles. The van der Waals surface area contributed by atoms with Crippen LogP contribution in [0.3, 0.4) is 0 Å². The first-order valence-corrected chi connectivity index (χ1v) is 7.23. The molecule has 0 fully saturated rings. The Hall–Kier alpha value is -2.46. The van der Waals surface area contributed by atoms with Crippen molar-refractivity contribution in [2.24, 2.45) is 0 Å². The highest BCUT2D eigenvalue weighted by Crippen LogP contribution is 2.24. The Morgan fingerprint density at radius 1 is 1.43 bits per heavy atom. The molecule has 1 aromatic carbocycles. The molecule has 9 nitrogen and oxygen atoms in total. The zero-order chi connectivity index (χ0) is 15.6. The molecule has 1 heterocycles. The van der Waals surface area contributed by atoms with Crippen molar-refractivity contribution in [3.05, 3.63) is 45.8 Å². The van der Waals surface area contributed by atoms with Gasteiger partial charge in [0, 0.05) is 18.2 Å². The van der Waals surface area contributed by atoms with Crippen LogP contribution in [-0.4, -0.2) is 18.5 Å². The Kier molecular flexibility index (Phi) is 3.91. The van der Waals surface area contributed by atoms with Crippen LogP contribution in [0.2, 0.25) is 0 Å². The number of nitrogens with zero attached hydrogens (tertiary/aromatic N) is 2. The van der Waals surface area contributed by atoms with Gasteiger partial charge in [0.05, 0.1) is 22.8 Å². The quantitative estimate of drug-likeness (QED) is 0.475. The molecule has 0 aliphatic heterocycles. The number of nitro groups is 1. The first-order chi connectivity index (χ1) is 9.79. The summed E-state index contributed by atoms with van der Waals surface area (Å²) in [6.07, 6.45) is 0. The lowest BCUT2D eigenvalue weighted by molar-refractivity contribution is -0.385. The smallest absolute Gasteiger partial charge is 0.270 e. The molecule has 2 aromatic rings. The summed E-state index contributed by atoms with van der Waals surface area (Å²) in [5, 5.41) is 14.3. The van der Waals surface area contributed by atoms with E-state index in [0.29, 0.717) is 11.5 Å². The lowest BCUT2D eigenvalue weighted by atomic mass is 10.3. The van der Waals surface area contributed by atoms with Gasteiger partial charge in [-0.2, -0.15) is 0 Å². The van der Waals surface area contributed by atoms with Crippen LogP contribution in [0.15, 0.2) is 33.7 Å². The number of benzene rings is 1. The van der Waals surface area contributed by atoms with Crippen molar-refractivity contribution < 1.29 is 17.9 Å². The maximum absolute atomic E-state index is 12.1. The average molecular weight is 312 g/mol. The number of rotatable bonds is 5. The fourth-order valence-electron chi connectivity index (χ4n) is 1.61. The molecule has 0 aliphatic rings. The average Bonchev–Trinajstić information content (AvgIpc) is 2.82. The summed E-state index contributed by atoms with van der Waals surface area (Å²) in [5.74, 6) is 0.320. The Bertz CT molecular complexity index is 784. The van der Waals surface area contributed by atoms with Crippen LogP contribution in [0.25, 0.3) is 0 Å². The van der Waals surface area contributed by atoms with Crippen LogP contribution in [0, 0.1) is 17.0 Å². The van der Waals surface area contributed by atoms with Crippen LogP contribution in [-0.2, 0) is 16.6 Å². The fourth-order valence-corrected chi connectivity index (χ4v) is 2.75. The Morgan fingerprint density at radius 3 is 2.71 bits per heavy atom. The first kappa shape index (κ1) is 14.9.